The lowest BCUT2D eigenvalue weighted by Crippen LogP contribution is -2.47. The number of amidine groups is 1. The Kier molecular flexibility index (Phi) is 14.8. The minimum atomic E-state index is -0.718. The molecule has 0 saturated carbocycles. The Morgan fingerprint density at radius 1 is 0.750 bits per heavy atom. The van der Waals surface area contributed by atoms with Crippen molar-refractivity contribution >= 4 is 5.84 Å². The van der Waals surface area contributed by atoms with Gasteiger partial charge in [-0.25, -0.2) is 0 Å². The summed E-state index contributed by atoms with van der Waals surface area (Å²) in [6.07, 6.45) is 24.3. The van der Waals surface area contributed by atoms with Gasteiger partial charge in [-0.2, -0.15) is 0 Å². The highest BCUT2D eigenvalue weighted by atomic mass is 16.3. The maximum absolute atomic E-state index is 10.5. The van der Waals surface area contributed by atoms with Gasteiger partial charge in [-0.15, -0.1) is 0 Å². The van der Waals surface area contributed by atoms with E-state index in [1.165, 1.54) is 103 Å². The van der Waals surface area contributed by atoms with Gasteiger partial charge in [0.25, 0.3) is 0 Å². The zero-order valence-corrected chi connectivity index (χ0v) is 19.5. The van der Waals surface area contributed by atoms with Crippen LogP contribution in [-0.4, -0.2) is 34.7 Å². The lowest BCUT2D eigenvalue weighted by molar-refractivity contribution is -0.0516. The molecule has 166 valence electrons. The Labute approximate surface area is 176 Å². The summed E-state index contributed by atoms with van der Waals surface area (Å²) in [4.78, 5) is 6.74. The van der Waals surface area contributed by atoms with E-state index in [0.29, 0.717) is 0 Å². The van der Waals surface area contributed by atoms with Crippen LogP contribution >= 0.6 is 0 Å². The number of rotatable bonds is 19. The molecule has 3 nitrogen and oxygen atoms in total. The minimum Gasteiger partial charge on any atom is -0.371 e. The lowest BCUT2D eigenvalue weighted by atomic mass is 10.0. The van der Waals surface area contributed by atoms with Crippen LogP contribution in [0.3, 0.4) is 0 Å². The van der Waals surface area contributed by atoms with E-state index in [1.54, 1.807) is 0 Å². The summed E-state index contributed by atoms with van der Waals surface area (Å²) in [5, 5.41) is 10.5. The molecule has 0 aromatic rings. The molecule has 0 amide bonds. The molecule has 1 heterocycles. The first-order valence-electron chi connectivity index (χ1n) is 12.6. The Balaban J connectivity index is 1.85. The van der Waals surface area contributed by atoms with Gasteiger partial charge < -0.3 is 10.0 Å². The SMILES string of the molecule is CCCCCCCCCCCCCCCCCCC1=NCCN1C(C)(O)CC. The number of unbranched alkanes of at least 4 members (excludes halogenated alkanes) is 15. The molecule has 3 heteroatoms. The lowest BCUT2D eigenvalue weighted by Gasteiger charge is -2.35. The molecule has 0 spiro atoms. The summed E-state index contributed by atoms with van der Waals surface area (Å²) in [7, 11) is 0. The van der Waals surface area contributed by atoms with Crippen LogP contribution in [0.25, 0.3) is 0 Å². The van der Waals surface area contributed by atoms with E-state index in [4.69, 9.17) is 0 Å². The molecular formula is C25H50N2O. The maximum Gasteiger partial charge on any atom is 0.135 e. The monoisotopic (exact) mass is 394 g/mol. The second-order valence-corrected chi connectivity index (χ2v) is 9.07. The van der Waals surface area contributed by atoms with Crippen molar-refractivity contribution in [2.45, 2.75) is 142 Å². The van der Waals surface area contributed by atoms with E-state index >= 15 is 0 Å². The summed E-state index contributed by atoms with van der Waals surface area (Å²) < 4.78 is 0. The summed E-state index contributed by atoms with van der Waals surface area (Å²) in [6, 6.07) is 0. The molecule has 1 unspecified atom stereocenters. The third-order valence-corrected chi connectivity index (χ3v) is 6.43. The molecule has 0 aromatic heterocycles. The highest BCUT2D eigenvalue weighted by molar-refractivity contribution is 5.84. The zero-order valence-electron chi connectivity index (χ0n) is 19.5. The predicted molar refractivity (Wildman–Crippen MR) is 124 cm³/mol. The van der Waals surface area contributed by atoms with Gasteiger partial charge in [-0.05, 0) is 19.8 Å². The van der Waals surface area contributed by atoms with Gasteiger partial charge in [-0.1, -0.05) is 110 Å². The fourth-order valence-corrected chi connectivity index (χ4v) is 4.25. The largest absolute Gasteiger partial charge is 0.371 e. The van der Waals surface area contributed by atoms with Crippen molar-refractivity contribution in [1.82, 2.24) is 4.90 Å². The number of hydrogen-bond acceptors (Lipinski definition) is 3. The quantitative estimate of drug-likeness (QED) is 0.231. The van der Waals surface area contributed by atoms with Gasteiger partial charge in [0.05, 0.1) is 6.54 Å². The van der Waals surface area contributed by atoms with Gasteiger partial charge in [0, 0.05) is 13.0 Å². The Hall–Kier alpha value is -0.570. The normalized spacial score (nSPS) is 16.4. The van der Waals surface area contributed by atoms with Crippen LogP contribution in [0, 0.1) is 0 Å². The van der Waals surface area contributed by atoms with E-state index in [0.717, 1.165) is 31.8 Å². The van der Waals surface area contributed by atoms with Crippen LogP contribution in [0.4, 0.5) is 0 Å². The average Bonchev–Trinajstić information content (AvgIpc) is 3.17. The molecular weight excluding hydrogens is 344 g/mol. The van der Waals surface area contributed by atoms with Crippen molar-refractivity contribution in [3.05, 3.63) is 0 Å². The first kappa shape index (κ1) is 25.5. The van der Waals surface area contributed by atoms with Crippen molar-refractivity contribution in [2.75, 3.05) is 13.1 Å². The summed E-state index contributed by atoms with van der Waals surface area (Å²) in [6.45, 7) is 7.99. The second kappa shape index (κ2) is 16.3. The van der Waals surface area contributed by atoms with Crippen LogP contribution in [0.5, 0.6) is 0 Å². The fourth-order valence-electron chi connectivity index (χ4n) is 4.25. The first-order valence-corrected chi connectivity index (χ1v) is 12.6. The van der Waals surface area contributed by atoms with E-state index in [-0.39, 0.29) is 0 Å². The average molecular weight is 395 g/mol. The number of nitrogens with zero attached hydrogens (tertiary/aromatic N) is 2. The Morgan fingerprint density at radius 3 is 1.61 bits per heavy atom. The number of aliphatic hydroxyl groups is 1. The van der Waals surface area contributed by atoms with E-state index in [9.17, 15) is 5.11 Å². The predicted octanol–water partition coefficient (Wildman–Crippen LogP) is 7.47. The van der Waals surface area contributed by atoms with Gasteiger partial charge in [0.1, 0.15) is 11.6 Å². The van der Waals surface area contributed by atoms with Crippen LogP contribution in [0.2, 0.25) is 0 Å². The molecule has 1 atom stereocenters. The molecule has 0 radical (unpaired) electrons. The maximum atomic E-state index is 10.5. The molecule has 1 aliphatic rings. The molecule has 0 aliphatic carbocycles. The summed E-state index contributed by atoms with van der Waals surface area (Å²) in [5.74, 6) is 1.14. The van der Waals surface area contributed by atoms with Crippen molar-refractivity contribution in [1.29, 1.82) is 0 Å². The molecule has 0 saturated heterocycles. The zero-order chi connectivity index (χ0) is 20.5. The number of aliphatic imine (C=N–C) groups is 1. The molecule has 0 fully saturated rings. The highest BCUT2D eigenvalue weighted by Crippen LogP contribution is 2.22. The van der Waals surface area contributed by atoms with Crippen molar-refractivity contribution < 1.29 is 5.11 Å². The van der Waals surface area contributed by atoms with Crippen molar-refractivity contribution in [3.8, 4) is 0 Å². The van der Waals surface area contributed by atoms with Gasteiger partial charge in [0.15, 0.2) is 0 Å². The van der Waals surface area contributed by atoms with Crippen LogP contribution < -0.4 is 0 Å². The van der Waals surface area contributed by atoms with E-state index in [2.05, 4.69) is 16.8 Å². The summed E-state index contributed by atoms with van der Waals surface area (Å²) >= 11 is 0. The molecule has 28 heavy (non-hydrogen) atoms. The third kappa shape index (κ3) is 11.4. The summed E-state index contributed by atoms with van der Waals surface area (Å²) in [5.41, 5.74) is -0.718. The highest BCUT2D eigenvalue weighted by Gasteiger charge is 2.31. The fraction of sp³-hybridized carbons (Fsp3) is 0.960. The van der Waals surface area contributed by atoms with E-state index in [1.807, 2.05) is 13.8 Å². The van der Waals surface area contributed by atoms with Crippen molar-refractivity contribution in [2.24, 2.45) is 4.99 Å². The smallest absolute Gasteiger partial charge is 0.135 e. The van der Waals surface area contributed by atoms with Gasteiger partial charge in [0.2, 0.25) is 0 Å². The third-order valence-electron chi connectivity index (χ3n) is 6.43. The van der Waals surface area contributed by atoms with Crippen LogP contribution in [-0.2, 0) is 0 Å². The van der Waals surface area contributed by atoms with Gasteiger partial charge in [-0.3, -0.25) is 4.99 Å². The van der Waals surface area contributed by atoms with E-state index < -0.39 is 5.72 Å². The second-order valence-electron chi connectivity index (χ2n) is 9.07. The van der Waals surface area contributed by atoms with Crippen LogP contribution in [0.1, 0.15) is 136 Å². The number of hydrogen-bond donors (Lipinski definition) is 1. The molecule has 0 bridgehead atoms. The van der Waals surface area contributed by atoms with Crippen LogP contribution in [0.15, 0.2) is 4.99 Å². The molecule has 0 aromatic carbocycles. The van der Waals surface area contributed by atoms with Crippen molar-refractivity contribution in [3.63, 3.8) is 0 Å². The Bertz CT molecular complexity index is 392. The molecule has 1 rings (SSSR count). The first-order chi connectivity index (χ1) is 13.6. The molecule has 1 N–H and O–H groups in total. The topological polar surface area (TPSA) is 35.8 Å². The van der Waals surface area contributed by atoms with Gasteiger partial charge >= 0.3 is 0 Å². The Morgan fingerprint density at radius 2 is 1.18 bits per heavy atom. The molecule has 1 aliphatic heterocycles. The standard InChI is InChI=1S/C25H50N2O/c1-4-6-7-8-9-10-11-12-13-14-15-16-17-18-19-20-21-24-26-22-23-27(24)25(3,28)5-2/h28H,4-23H2,1-3H3. The minimum absolute atomic E-state index is 0.718.